The number of benzene rings is 8. The predicted molar refractivity (Wildman–Crippen MR) is 338 cm³/mol. The van der Waals surface area contributed by atoms with Gasteiger partial charge in [0.25, 0.3) is 20.8 Å². The molecule has 8 aromatic carbocycles. The Hall–Kier alpha value is -8.00. The number of para-hydroxylation sites is 4. The molecule has 6 aliphatic rings. The van der Waals surface area contributed by atoms with E-state index in [4.69, 9.17) is 9.68 Å². The molecule has 84 heavy (non-hydrogen) atoms. The van der Waals surface area contributed by atoms with Crippen LogP contribution in [0.4, 0.5) is 11.4 Å². The Balaban J connectivity index is 1.03. The van der Waals surface area contributed by atoms with Gasteiger partial charge in [0.2, 0.25) is 11.5 Å². The molecule has 6 aliphatic heterocycles. The second kappa shape index (κ2) is 16.0. The topological polar surface area (TPSA) is 43.8 Å². The fourth-order valence-electron chi connectivity index (χ4n) is 14.5. The van der Waals surface area contributed by atoms with E-state index in [0.29, 0.717) is 0 Å². The van der Waals surface area contributed by atoms with Gasteiger partial charge in [-0.05, 0) is 153 Å². The minimum absolute atomic E-state index is 0.107. The summed E-state index contributed by atoms with van der Waals surface area (Å²) in [5.41, 5.74) is 24.6. The number of nitrogens with zero attached hydrogens (tertiary/aromatic N) is 8. The lowest BCUT2D eigenvalue weighted by Gasteiger charge is -2.29. The lowest BCUT2D eigenvalue weighted by molar-refractivity contribution is -1.13. The normalized spacial score (nSPS) is 17.8. The lowest BCUT2D eigenvalue weighted by Crippen LogP contribution is -2.93. The number of hydrogen-bond acceptors (Lipinski definition) is 4. The third kappa shape index (κ3) is 6.21. The predicted octanol–water partition coefficient (Wildman–Crippen LogP) is 15.7. The maximum atomic E-state index is 8.04. The van der Waals surface area contributed by atoms with Crippen LogP contribution in [0, 0.1) is 0 Å². The highest BCUT2D eigenvalue weighted by Crippen LogP contribution is 2.58. The van der Waals surface area contributed by atoms with Crippen LogP contribution in [0.5, 0.6) is 11.5 Å². The van der Waals surface area contributed by atoms with Gasteiger partial charge < -0.3 is 0 Å². The number of imidazole rings is 2. The SMILES string of the molecule is CSc1cc2c3c(c1)-c1cc4[n+](c[n+]1[N+]31Oc3ccccc3-c3n(-c5cc(C(C)(C)C)cc(C(C)(C)C)c5)c5cccc-2c5[n+]31)[N+]12Oc3ccccc3-c3n(-c5cc(C(C)(C)C)cc(C(C)(C)C)c5)c5cccc(c5[n+]31)-c1cc(SC)cc-4c12. The number of quaternary nitrogens is 2. The third-order valence-electron chi connectivity index (χ3n) is 18.7. The molecule has 0 aliphatic carbocycles. The zero-order valence-electron chi connectivity index (χ0n) is 50.2. The molecule has 3 aromatic heterocycles. The molecule has 11 aromatic rings. The van der Waals surface area contributed by atoms with Crippen molar-refractivity contribution >= 4 is 57.0 Å². The van der Waals surface area contributed by atoms with E-state index in [2.05, 4.69) is 281 Å². The second-order valence-corrected chi connectivity index (χ2v) is 29.7. The average Bonchev–Trinajstić information content (AvgIpc) is 1.48. The molecule has 0 N–H and O–H groups in total. The molecule has 0 radical (unpaired) electrons. The van der Waals surface area contributed by atoms with Gasteiger partial charge in [-0.25, -0.2) is 9.68 Å². The second-order valence-electron chi connectivity index (χ2n) is 28.0. The van der Waals surface area contributed by atoms with Gasteiger partial charge in [0.15, 0.2) is 11.0 Å². The van der Waals surface area contributed by atoms with Crippen LogP contribution in [0.25, 0.3) is 101 Å². The van der Waals surface area contributed by atoms with Crippen LogP contribution in [-0.4, -0.2) is 21.6 Å². The average molecular weight is 1140 g/mol. The smallest absolute Gasteiger partial charge is 0.204 e. The minimum Gasteiger partial charge on any atom is -0.204 e. The molecular weight excluding hydrogens is 1070 g/mol. The molecule has 414 valence electrons. The Morgan fingerprint density at radius 3 is 1.11 bits per heavy atom. The molecule has 2 spiro atoms. The molecule has 0 bridgehead atoms. The first-order chi connectivity index (χ1) is 40.0. The molecule has 2 unspecified atom stereocenters. The molecule has 17 rings (SSSR count). The molecule has 0 amide bonds. The van der Waals surface area contributed by atoms with Crippen molar-refractivity contribution in [1.82, 2.24) is 18.9 Å². The fraction of sp³-hybridized carbons (Fsp3) is 0.250. The van der Waals surface area contributed by atoms with Crippen LogP contribution in [0.1, 0.15) is 105 Å². The maximum Gasteiger partial charge on any atom is 0.533 e. The summed E-state index contributed by atoms with van der Waals surface area (Å²) in [7, 11) is 0. The van der Waals surface area contributed by atoms with Crippen LogP contribution in [0.2, 0.25) is 0 Å². The van der Waals surface area contributed by atoms with Crippen molar-refractivity contribution in [2.75, 3.05) is 12.5 Å². The largest absolute Gasteiger partial charge is 0.533 e. The van der Waals surface area contributed by atoms with E-state index in [9.17, 15) is 0 Å². The summed E-state index contributed by atoms with van der Waals surface area (Å²) in [4.78, 5) is 18.2. The zero-order valence-corrected chi connectivity index (χ0v) is 51.9. The van der Waals surface area contributed by atoms with Crippen molar-refractivity contribution in [1.29, 1.82) is 0 Å². The van der Waals surface area contributed by atoms with Crippen LogP contribution >= 0.6 is 23.5 Å². The highest BCUT2D eigenvalue weighted by Gasteiger charge is 2.77. The first-order valence-electron chi connectivity index (χ1n) is 29.4. The summed E-state index contributed by atoms with van der Waals surface area (Å²) in [6, 6.07) is 57.7. The zero-order chi connectivity index (χ0) is 57.8. The van der Waals surface area contributed by atoms with Gasteiger partial charge in [0.05, 0.1) is 26.5 Å². The van der Waals surface area contributed by atoms with Crippen molar-refractivity contribution < 1.29 is 28.4 Å². The number of fused-ring (bicyclic) bond motifs is 10. The van der Waals surface area contributed by atoms with Gasteiger partial charge in [-0.15, -0.1) is 23.5 Å². The number of aromatic nitrogens is 6. The van der Waals surface area contributed by atoms with Crippen molar-refractivity contribution in [2.45, 2.75) is 115 Å². The third-order valence-corrected chi connectivity index (χ3v) is 20.2. The first-order valence-corrected chi connectivity index (χ1v) is 31.9. The molecule has 2 atom stereocenters. The van der Waals surface area contributed by atoms with E-state index < -0.39 is 0 Å². The molecule has 0 saturated heterocycles. The van der Waals surface area contributed by atoms with Crippen molar-refractivity contribution in [2.24, 2.45) is 0 Å². The van der Waals surface area contributed by atoms with Gasteiger partial charge >= 0.3 is 40.7 Å². The van der Waals surface area contributed by atoms with E-state index in [0.717, 1.165) is 113 Å². The van der Waals surface area contributed by atoms with Gasteiger partial charge in [-0.1, -0.05) is 132 Å². The first kappa shape index (κ1) is 50.5. The van der Waals surface area contributed by atoms with Crippen LogP contribution in [0.15, 0.2) is 168 Å². The Kier molecular flexibility index (Phi) is 9.65. The van der Waals surface area contributed by atoms with Crippen LogP contribution in [0.3, 0.4) is 0 Å². The van der Waals surface area contributed by atoms with Crippen molar-refractivity contribution in [3.8, 4) is 90.4 Å². The van der Waals surface area contributed by atoms with E-state index in [1.54, 1.807) is 23.5 Å². The quantitative estimate of drug-likeness (QED) is 0.100. The summed E-state index contributed by atoms with van der Waals surface area (Å²) in [6.07, 6.45) is 6.72. The summed E-state index contributed by atoms with van der Waals surface area (Å²) >= 11 is 3.57. The van der Waals surface area contributed by atoms with E-state index >= 15 is 0 Å². The summed E-state index contributed by atoms with van der Waals surface area (Å²) in [6.45, 7) is 28.0. The molecule has 12 heteroatoms. The summed E-state index contributed by atoms with van der Waals surface area (Å²) < 4.78 is 14.9. The van der Waals surface area contributed by atoms with Gasteiger partial charge in [-0.3, -0.25) is 0 Å². The standard InChI is InChI=1S/C72H68N8O2S2/c1-69(2,3)41-29-42(70(4,5)6)32-45(31-41)75-57-25-19-23-49-53-35-47(83-13)37-55-59-39-60-56-38-48(84-14)36-54-50-24-20-26-58-64(50)78-68(76(58)46-33-43(71(7,8)9)30-44(34-46)72(10,11)12)52-22-16-18-28-62(52)82-80(78,66(54)56)74(60)40-73(59)79(65(53)55)77(63(49)57)67(75)51-21-15-17-27-61(51)81-79/h15-40H,1-14H3/q+6. The monoisotopic (exact) mass is 1140 g/mol. The van der Waals surface area contributed by atoms with E-state index in [-0.39, 0.29) is 31.4 Å². The molecular formula is C72H68N8O2S2+6. The van der Waals surface area contributed by atoms with Crippen LogP contribution < -0.4 is 38.1 Å². The highest BCUT2D eigenvalue weighted by atomic mass is 32.2. The van der Waals surface area contributed by atoms with Gasteiger partial charge in [0.1, 0.15) is 43.0 Å². The Morgan fingerprint density at radius 2 is 0.738 bits per heavy atom. The van der Waals surface area contributed by atoms with E-state index in [1.165, 1.54) is 43.2 Å². The van der Waals surface area contributed by atoms with Crippen LogP contribution in [-0.2, 0) is 21.7 Å². The number of hydrogen-bond donors (Lipinski definition) is 0. The van der Waals surface area contributed by atoms with Crippen molar-refractivity contribution in [3.05, 3.63) is 180 Å². The lowest BCUT2D eigenvalue weighted by atomic mass is 9.80. The molecule has 10 nitrogen and oxygen atoms in total. The van der Waals surface area contributed by atoms with Gasteiger partial charge in [-0.2, -0.15) is 9.13 Å². The number of rotatable bonds is 4. The van der Waals surface area contributed by atoms with Gasteiger partial charge in [0, 0.05) is 20.9 Å². The summed E-state index contributed by atoms with van der Waals surface area (Å²) in [5.74, 6) is 3.68. The Morgan fingerprint density at radius 1 is 0.381 bits per heavy atom. The maximum absolute atomic E-state index is 8.04. The summed E-state index contributed by atoms with van der Waals surface area (Å²) in [5, 5.41) is 0. The minimum atomic E-state index is -0.109. The van der Waals surface area contributed by atoms with E-state index in [1.807, 2.05) is 0 Å². The molecule has 0 fully saturated rings. The van der Waals surface area contributed by atoms with Crippen molar-refractivity contribution in [3.63, 3.8) is 0 Å². The Bertz CT molecular complexity index is 4520. The Labute approximate surface area is 499 Å². The fourth-order valence-corrected chi connectivity index (χ4v) is 15.4. The number of thioether (sulfide) groups is 2. The highest BCUT2D eigenvalue weighted by molar-refractivity contribution is 7.98. The molecule has 9 heterocycles. The molecule has 0 saturated carbocycles.